The van der Waals surface area contributed by atoms with Crippen molar-refractivity contribution in [2.75, 3.05) is 6.61 Å². The zero-order valence-electron chi connectivity index (χ0n) is 13.5. The topological polar surface area (TPSA) is 55.1 Å². The Balaban J connectivity index is 1.86. The highest BCUT2D eigenvalue weighted by atomic mass is 79.9. The van der Waals surface area contributed by atoms with Crippen LogP contribution < -0.4 is 5.69 Å². The number of rotatable bonds is 6. The summed E-state index contributed by atoms with van der Waals surface area (Å²) in [5.74, 6) is 0.812. The fourth-order valence-electron chi connectivity index (χ4n) is 3.06. The molecule has 0 fully saturated rings. The van der Waals surface area contributed by atoms with E-state index < -0.39 is 0 Å². The average Bonchev–Trinajstić information content (AvgIpc) is 2.60. The van der Waals surface area contributed by atoms with Crippen molar-refractivity contribution in [1.82, 2.24) is 9.55 Å². The Morgan fingerprint density at radius 3 is 2.71 bits per heavy atom. The number of aliphatic hydroxyl groups is 1. The number of benzene rings is 1. The van der Waals surface area contributed by atoms with E-state index in [1.807, 2.05) is 12.1 Å². The van der Waals surface area contributed by atoms with Crippen LogP contribution >= 0.6 is 27.7 Å². The second-order valence-corrected chi connectivity index (χ2v) is 7.86. The lowest BCUT2D eigenvalue weighted by molar-refractivity contribution is 0.277. The van der Waals surface area contributed by atoms with Crippen LogP contribution in [0, 0.1) is 0 Å². The highest BCUT2D eigenvalue weighted by Crippen LogP contribution is 2.30. The Labute approximate surface area is 154 Å². The maximum absolute atomic E-state index is 12.4. The van der Waals surface area contributed by atoms with Crippen molar-refractivity contribution in [3.63, 3.8) is 0 Å². The molecule has 1 N–H and O–H groups in total. The van der Waals surface area contributed by atoms with E-state index in [0.29, 0.717) is 13.0 Å². The lowest BCUT2D eigenvalue weighted by Crippen LogP contribution is -2.30. The smallest absolute Gasteiger partial charge is 0.348 e. The van der Waals surface area contributed by atoms with Gasteiger partial charge in [0, 0.05) is 34.6 Å². The quantitative estimate of drug-likeness (QED) is 0.586. The molecule has 4 nitrogen and oxygen atoms in total. The molecule has 0 unspecified atom stereocenters. The van der Waals surface area contributed by atoms with E-state index in [0.717, 1.165) is 46.6 Å². The molecule has 0 bridgehead atoms. The number of hydrogen-bond donors (Lipinski definition) is 1. The summed E-state index contributed by atoms with van der Waals surface area (Å²) in [7, 11) is 0. The number of thioether (sulfide) groups is 1. The van der Waals surface area contributed by atoms with Crippen LogP contribution in [0.3, 0.4) is 0 Å². The third-order valence-corrected chi connectivity index (χ3v) is 5.90. The number of nitrogens with zero attached hydrogens (tertiary/aromatic N) is 2. The normalized spacial score (nSPS) is 13.8. The number of halogens is 1. The van der Waals surface area contributed by atoms with Crippen molar-refractivity contribution < 1.29 is 5.11 Å². The molecule has 0 aliphatic heterocycles. The molecule has 1 aromatic carbocycles. The van der Waals surface area contributed by atoms with Crippen LogP contribution in [-0.4, -0.2) is 21.3 Å². The van der Waals surface area contributed by atoms with Gasteiger partial charge in [-0.3, -0.25) is 4.57 Å². The van der Waals surface area contributed by atoms with Crippen LogP contribution in [0.2, 0.25) is 0 Å². The standard InChI is InChI=1S/C18H21BrN2O2S/c19-14-8-6-13(7-9-14)12-24-17-15-4-1-2-5-16(15)21(10-3-11-22)18(23)20-17/h6-9,22H,1-5,10-12H2. The predicted molar refractivity (Wildman–Crippen MR) is 101 cm³/mol. The lowest BCUT2D eigenvalue weighted by atomic mass is 9.97. The highest BCUT2D eigenvalue weighted by molar-refractivity contribution is 9.10. The van der Waals surface area contributed by atoms with Gasteiger partial charge in [-0.25, -0.2) is 4.79 Å². The first-order chi connectivity index (χ1) is 11.7. The Morgan fingerprint density at radius 2 is 1.96 bits per heavy atom. The van der Waals surface area contributed by atoms with E-state index in [2.05, 4.69) is 33.0 Å². The molecule has 24 heavy (non-hydrogen) atoms. The molecule has 1 aliphatic carbocycles. The fourth-order valence-corrected chi connectivity index (χ4v) is 4.36. The number of aliphatic hydroxyl groups excluding tert-OH is 1. The van der Waals surface area contributed by atoms with E-state index >= 15 is 0 Å². The summed E-state index contributed by atoms with van der Waals surface area (Å²) < 4.78 is 2.84. The minimum absolute atomic E-state index is 0.0985. The maximum Gasteiger partial charge on any atom is 0.348 e. The van der Waals surface area contributed by atoms with Gasteiger partial charge in [-0.2, -0.15) is 4.98 Å². The van der Waals surface area contributed by atoms with Gasteiger partial charge in [-0.1, -0.05) is 28.1 Å². The SMILES string of the molecule is O=c1nc(SCc2ccc(Br)cc2)c2c(n1CCCO)CCCC2. The van der Waals surface area contributed by atoms with Crippen LogP contribution in [-0.2, 0) is 25.1 Å². The van der Waals surface area contributed by atoms with Gasteiger partial charge >= 0.3 is 5.69 Å². The van der Waals surface area contributed by atoms with Crippen molar-refractivity contribution in [3.8, 4) is 0 Å². The van der Waals surface area contributed by atoms with E-state index in [4.69, 9.17) is 5.11 Å². The highest BCUT2D eigenvalue weighted by Gasteiger charge is 2.20. The minimum atomic E-state index is -0.178. The third-order valence-electron chi connectivity index (χ3n) is 4.28. The first-order valence-corrected chi connectivity index (χ1v) is 10.1. The molecule has 0 spiro atoms. The van der Waals surface area contributed by atoms with Gasteiger partial charge in [0.1, 0.15) is 5.03 Å². The molecule has 1 heterocycles. The van der Waals surface area contributed by atoms with Crippen LogP contribution in [0.4, 0.5) is 0 Å². The van der Waals surface area contributed by atoms with Gasteiger partial charge < -0.3 is 5.11 Å². The summed E-state index contributed by atoms with van der Waals surface area (Å²) in [5.41, 5.74) is 3.41. The van der Waals surface area contributed by atoms with Gasteiger partial charge in [0.2, 0.25) is 0 Å². The van der Waals surface area contributed by atoms with Crippen LogP contribution in [0.15, 0.2) is 38.6 Å². The first kappa shape index (κ1) is 17.7. The Bertz CT molecular complexity index is 759. The molecule has 6 heteroatoms. The van der Waals surface area contributed by atoms with Gasteiger partial charge in [-0.15, -0.1) is 11.8 Å². The van der Waals surface area contributed by atoms with Gasteiger partial charge in [0.25, 0.3) is 0 Å². The van der Waals surface area contributed by atoms with E-state index in [9.17, 15) is 4.79 Å². The van der Waals surface area contributed by atoms with E-state index in [1.165, 1.54) is 11.1 Å². The molecule has 3 rings (SSSR count). The molecule has 0 atom stereocenters. The van der Waals surface area contributed by atoms with Crippen molar-refractivity contribution in [2.24, 2.45) is 0 Å². The van der Waals surface area contributed by atoms with Crippen molar-refractivity contribution >= 4 is 27.7 Å². The number of fused-ring (bicyclic) bond motifs is 1. The van der Waals surface area contributed by atoms with Gasteiger partial charge in [0.15, 0.2) is 0 Å². The maximum atomic E-state index is 12.4. The molecule has 0 radical (unpaired) electrons. The molecule has 128 valence electrons. The minimum Gasteiger partial charge on any atom is -0.396 e. The fraction of sp³-hybridized carbons (Fsp3) is 0.444. The third kappa shape index (κ3) is 4.10. The summed E-state index contributed by atoms with van der Waals surface area (Å²) >= 11 is 5.10. The molecule has 0 saturated heterocycles. The number of hydrogen-bond acceptors (Lipinski definition) is 4. The van der Waals surface area contributed by atoms with E-state index in [1.54, 1.807) is 16.3 Å². The lowest BCUT2D eigenvalue weighted by Gasteiger charge is -2.22. The molecule has 1 aliphatic rings. The second kappa shape index (κ2) is 8.32. The molecule has 0 saturated carbocycles. The van der Waals surface area contributed by atoms with Gasteiger partial charge in [0.05, 0.1) is 0 Å². The second-order valence-electron chi connectivity index (χ2n) is 5.98. The Hall–Kier alpha value is -1.11. The largest absolute Gasteiger partial charge is 0.396 e. The molecule has 1 aromatic heterocycles. The molecule has 2 aromatic rings. The zero-order valence-corrected chi connectivity index (χ0v) is 15.9. The Morgan fingerprint density at radius 1 is 1.21 bits per heavy atom. The monoisotopic (exact) mass is 408 g/mol. The zero-order chi connectivity index (χ0) is 16.9. The molecular formula is C18H21BrN2O2S. The first-order valence-electron chi connectivity index (χ1n) is 8.29. The predicted octanol–water partition coefficient (Wildman–Crippen LogP) is 3.56. The summed E-state index contributed by atoms with van der Waals surface area (Å²) in [4.78, 5) is 16.8. The summed E-state index contributed by atoms with van der Waals surface area (Å²) in [6, 6.07) is 8.25. The molecule has 0 amide bonds. The van der Waals surface area contributed by atoms with Crippen molar-refractivity contribution in [1.29, 1.82) is 0 Å². The average molecular weight is 409 g/mol. The summed E-state index contributed by atoms with van der Waals surface area (Å²) in [6.07, 6.45) is 4.79. The van der Waals surface area contributed by atoms with Crippen LogP contribution in [0.1, 0.15) is 36.1 Å². The summed E-state index contributed by atoms with van der Waals surface area (Å²) in [6.45, 7) is 0.656. The Kier molecular flexibility index (Phi) is 6.14. The van der Waals surface area contributed by atoms with E-state index in [-0.39, 0.29) is 12.3 Å². The van der Waals surface area contributed by atoms with Crippen molar-refractivity contribution in [3.05, 3.63) is 56.0 Å². The molecular weight excluding hydrogens is 388 g/mol. The van der Waals surface area contributed by atoms with Gasteiger partial charge in [-0.05, 0) is 49.8 Å². The summed E-state index contributed by atoms with van der Waals surface area (Å²) in [5, 5.41) is 9.95. The number of aromatic nitrogens is 2. The van der Waals surface area contributed by atoms with Crippen molar-refractivity contribution in [2.45, 2.75) is 49.4 Å². The van der Waals surface area contributed by atoms with Crippen LogP contribution in [0.5, 0.6) is 0 Å². The van der Waals surface area contributed by atoms with Crippen LogP contribution in [0.25, 0.3) is 0 Å².